The number of hydrogen-bond donors (Lipinski definition) is 0. The van der Waals surface area contributed by atoms with E-state index in [2.05, 4.69) is 0 Å². The maximum atomic E-state index is 13.2. The van der Waals surface area contributed by atoms with Gasteiger partial charge in [0, 0.05) is 19.6 Å². The van der Waals surface area contributed by atoms with Gasteiger partial charge in [-0.15, -0.1) is 0 Å². The van der Waals surface area contributed by atoms with E-state index in [4.69, 9.17) is 11.6 Å². The van der Waals surface area contributed by atoms with Crippen molar-refractivity contribution in [3.05, 3.63) is 64.2 Å². The van der Waals surface area contributed by atoms with Gasteiger partial charge < -0.3 is 4.90 Å². The van der Waals surface area contributed by atoms with Crippen molar-refractivity contribution in [3.63, 3.8) is 0 Å². The van der Waals surface area contributed by atoms with Crippen molar-refractivity contribution >= 4 is 27.5 Å². The molecule has 1 aliphatic heterocycles. The Bertz CT molecular complexity index is 1070. The van der Waals surface area contributed by atoms with Crippen LogP contribution in [0.5, 0.6) is 0 Å². The lowest BCUT2D eigenvalue weighted by Gasteiger charge is -2.28. The maximum absolute atomic E-state index is 13.2. The molecule has 0 fully saturated rings. The van der Waals surface area contributed by atoms with Crippen LogP contribution in [0.1, 0.15) is 34.8 Å². The van der Waals surface area contributed by atoms with Crippen molar-refractivity contribution in [3.8, 4) is 0 Å². The van der Waals surface area contributed by atoms with Crippen molar-refractivity contribution in [1.29, 1.82) is 0 Å². The first-order valence-electron chi connectivity index (χ1n) is 9.75. The molecule has 0 N–H and O–H groups in total. The summed E-state index contributed by atoms with van der Waals surface area (Å²) in [5.41, 5.74) is 1.70. The van der Waals surface area contributed by atoms with E-state index >= 15 is 0 Å². The van der Waals surface area contributed by atoms with Gasteiger partial charge in [0.15, 0.2) is 0 Å². The van der Waals surface area contributed by atoms with E-state index in [1.165, 1.54) is 16.4 Å². The zero-order chi connectivity index (χ0) is 22.8. The first-order valence-corrected chi connectivity index (χ1v) is 11.6. The molecule has 0 radical (unpaired) electrons. The summed E-state index contributed by atoms with van der Waals surface area (Å²) in [4.78, 5) is 13.2. The summed E-state index contributed by atoms with van der Waals surface area (Å²) in [6.45, 7) is 0.527. The molecule has 0 saturated carbocycles. The second-order valence-corrected chi connectivity index (χ2v) is 9.69. The van der Waals surface area contributed by atoms with Gasteiger partial charge in [0.25, 0.3) is 5.91 Å². The molecule has 0 unspecified atom stereocenters. The van der Waals surface area contributed by atoms with Crippen molar-refractivity contribution < 1.29 is 26.4 Å². The van der Waals surface area contributed by atoms with Crippen molar-refractivity contribution in [2.24, 2.45) is 0 Å². The van der Waals surface area contributed by atoms with Crippen molar-refractivity contribution in [2.75, 3.05) is 19.6 Å². The molecular formula is C21H22ClF3N2O3S. The summed E-state index contributed by atoms with van der Waals surface area (Å²) >= 11 is 6.07. The summed E-state index contributed by atoms with van der Waals surface area (Å²) in [6.07, 6.45) is -3.72. The van der Waals surface area contributed by atoms with Gasteiger partial charge in [-0.3, -0.25) is 4.79 Å². The lowest BCUT2D eigenvalue weighted by Crippen LogP contribution is -2.40. The maximum Gasteiger partial charge on any atom is 0.406 e. The smallest absolute Gasteiger partial charge is 0.330 e. The highest BCUT2D eigenvalue weighted by atomic mass is 35.5. The monoisotopic (exact) mass is 474 g/mol. The molecule has 31 heavy (non-hydrogen) atoms. The zero-order valence-corrected chi connectivity index (χ0v) is 18.4. The fourth-order valence-corrected chi connectivity index (χ4v) is 5.21. The average Bonchev–Trinajstić information content (AvgIpc) is 2.72. The summed E-state index contributed by atoms with van der Waals surface area (Å²) in [7, 11) is -3.97. The minimum atomic E-state index is -4.58. The molecular weight excluding hydrogens is 453 g/mol. The first kappa shape index (κ1) is 23.6. The highest BCUT2D eigenvalue weighted by Gasteiger charge is 2.34. The topological polar surface area (TPSA) is 57.7 Å². The number of benzene rings is 2. The van der Waals surface area contributed by atoms with Crippen LogP contribution >= 0.6 is 11.6 Å². The Kier molecular flexibility index (Phi) is 6.98. The molecule has 5 nitrogen and oxygen atoms in total. The Morgan fingerprint density at radius 1 is 1.16 bits per heavy atom. The van der Waals surface area contributed by atoms with Gasteiger partial charge in [-0.1, -0.05) is 42.8 Å². The summed E-state index contributed by atoms with van der Waals surface area (Å²) in [5, 5.41) is -0.101. The summed E-state index contributed by atoms with van der Waals surface area (Å²) in [6, 6.07) is 11.1. The second kappa shape index (κ2) is 9.18. The normalized spacial score (nSPS) is 14.9. The van der Waals surface area contributed by atoms with Gasteiger partial charge in [0.05, 0.1) is 15.5 Å². The van der Waals surface area contributed by atoms with Gasteiger partial charge in [0.1, 0.15) is 6.54 Å². The molecule has 2 aromatic carbocycles. The van der Waals surface area contributed by atoms with E-state index in [0.717, 1.165) is 17.2 Å². The largest absolute Gasteiger partial charge is 0.406 e. The van der Waals surface area contributed by atoms with Crippen LogP contribution in [0.3, 0.4) is 0 Å². The predicted molar refractivity (Wildman–Crippen MR) is 111 cm³/mol. The molecule has 2 aromatic rings. The van der Waals surface area contributed by atoms with Crippen LogP contribution in [-0.2, 0) is 23.0 Å². The fraction of sp³-hybridized carbons (Fsp3) is 0.381. The van der Waals surface area contributed by atoms with E-state index in [1.807, 2.05) is 24.3 Å². The standard InChI is InChI=1S/C21H22ClF3N2O3S/c1-2-10-26(14-21(23,24)25)20(28)18-12-17(7-8-19(18)22)31(29,30)27-11-9-15-5-3-4-6-16(15)13-27/h3-8,12H,2,9-11,13-14H2,1H3. The van der Waals surface area contributed by atoms with Gasteiger partial charge in [-0.05, 0) is 42.2 Å². The molecule has 1 amide bonds. The molecule has 3 rings (SSSR count). The Morgan fingerprint density at radius 2 is 1.84 bits per heavy atom. The van der Waals surface area contributed by atoms with Gasteiger partial charge in [0.2, 0.25) is 10.0 Å². The number of fused-ring (bicyclic) bond motifs is 1. The highest BCUT2D eigenvalue weighted by molar-refractivity contribution is 7.89. The van der Waals surface area contributed by atoms with E-state index in [1.54, 1.807) is 6.92 Å². The Morgan fingerprint density at radius 3 is 2.48 bits per heavy atom. The molecule has 1 aliphatic rings. The van der Waals surface area contributed by atoms with E-state index in [9.17, 15) is 26.4 Å². The number of carbonyl (C=O) groups is 1. The van der Waals surface area contributed by atoms with Crippen LogP contribution in [-0.4, -0.2) is 49.3 Å². The van der Waals surface area contributed by atoms with E-state index in [0.29, 0.717) is 17.7 Å². The van der Waals surface area contributed by atoms with Crippen LogP contribution < -0.4 is 0 Å². The van der Waals surface area contributed by atoms with E-state index < -0.39 is 28.7 Å². The molecule has 10 heteroatoms. The third kappa shape index (κ3) is 5.39. The minimum Gasteiger partial charge on any atom is -0.330 e. The lowest BCUT2D eigenvalue weighted by atomic mass is 10.0. The molecule has 0 bridgehead atoms. The zero-order valence-electron chi connectivity index (χ0n) is 16.8. The molecule has 0 aromatic heterocycles. The molecule has 0 spiro atoms. The predicted octanol–water partition coefficient (Wildman–Crippen LogP) is 4.50. The van der Waals surface area contributed by atoms with Crippen LogP contribution in [0.4, 0.5) is 13.2 Å². The van der Waals surface area contributed by atoms with Gasteiger partial charge in [-0.25, -0.2) is 8.42 Å². The van der Waals surface area contributed by atoms with Gasteiger partial charge >= 0.3 is 6.18 Å². The fourth-order valence-electron chi connectivity index (χ4n) is 3.56. The molecule has 0 aliphatic carbocycles. The molecule has 168 valence electrons. The third-order valence-electron chi connectivity index (χ3n) is 5.05. The number of carbonyl (C=O) groups excluding carboxylic acids is 1. The minimum absolute atomic E-state index is 0.101. The van der Waals surface area contributed by atoms with Crippen molar-refractivity contribution in [2.45, 2.75) is 37.4 Å². The average molecular weight is 475 g/mol. The molecule has 0 saturated heterocycles. The number of rotatable bonds is 6. The van der Waals surface area contributed by atoms with Crippen LogP contribution in [0.25, 0.3) is 0 Å². The number of sulfonamides is 1. The van der Waals surface area contributed by atoms with Gasteiger partial charge in [-0.2, -0.15) is 17.5 Å². The van der Waals surface area contributed by atoms with E-state index in [-0.39, 0.29) is 35.1 Å². The second-order valence-electron chi connectivity index (χ2n) is 7.34. The highest BCUT2D eigenvalue weighted by Crippen LogP contribution is 2.29. The Hall–Kier alpha value is -2.10. The summed E-state index contributed by atoms with van der Waals surface area (Å²) in [5.74, 6) is -0.954. The third-order valence-corrected chi connectivity index (χ3v) is 7.22. The number of nitrogens with zero attached hydrogens (tertiary/aromatic N) is 2. The number of amides is 1. The van der Waals surface area contributed by atoms with Crippen LogP contribution in [0.2, 0.25) is 5.02 Å². The van der Waals surface area contributed by atoms with Crippen LogP contribution in [0, 0.1) is 0 Å². The van der Waals surface area contributed by atoms with Crippen molar-refractivity contribution in [1.82, 2.24) is 9.21 Å². The number of hydrogen-bond acceptors (Lipinski definition) is 3. The number of halogens is 4. The SMILES string of the molecule is CCCN(CC(F)(F)F)C(=O)c1cc(S(=O)(=O)N2CCc3ccccc3C2)ccc1Cl. The lowest BCUT2D eigenvalue weighted by molar-refractivity contribution is -0.140. The summed E-state index contributed by atoms with van der Waals surface area (Å²) < 4.78 is 66.4. The molecule has 0 atom stereocenters. The van der Waals surface area contributed by atoms with Crippen LogP contribution in [0.15, 0.2) is 47.4 Å². The first-order chi connectivity index (χ1) is 14.5. The Labute approximate surface area is 184 Å². The Balaban J connectivity index is 1.92. The molecule has 1 heterocycles. The quantitative estimate of drug-likeness (QED) is 0.619. The number of alkyl halides is 3.